The Bertz CT molecular complexity index is 3120. The molecule has 0 spiro atoms. The average molecular weight is 732 g/mol. The molecular formula is C52H37N5. The van der Waals surface area contributed by atoms with Gasteiger partial charge in [0.25, 0.3) is 0 Å². The summed E-state index contributed by atoms with van der Waals surface area (Å²) in [6.45, 7) is 6.19. The first-order chi connectivity index (χ1) is 28.2. The number of fused-ring (bicyclic) bond motifs is 5. The molecule has 270 valence electrons. The summed E-state index contributed by atoms with van der Waals surface area (Å²) in [5.74, 6) is 1.77. The summed E-state index contributed by atoms with van der Waals surface area (Å²) < 4.78 is 4.63. The van der Waals surface area contributed by atoms with Crippen LogP contribution in [-0.2, 0) is 0 Å². The molecule has 0 unspecified atom stereocenters. The molecule has 0 fully saturated rings. The predicted octanol–water partition coefficient (Wildman–Crippen LogP) is 13.1. The van der Waals surface area contributed by atoms with Crippen molar-refractivity contribution in [3.8, 4) is 56.7 Å². The molecule has 0 atom stereocenters. The Morgan fingerprint density at radius 3 is 1.67 bits per heavy atom. The molecule has 0 aliphatic heterocycles. The molecule has 0 bridgehead atoms. The van der Waals surface area contributed by atoms with Crippen LogP contribution in [0.4, 0.5) is 0 Å². The van der Waals surface area contributed by atoms with Crippen LogP contribution >= 0.6 is 0 Å². The van der Waals surface area contributed by atoms with Crippen LogP contribution in [0.1, 0.15) is 11.3 Å². The van der Waals surface area contributed by atoms with Crippen molar-refractivity contribution in [2.24, 2.45) is 0 Å². The maximum absolute atomic E-state index is 5.32. The van der Waals surface area contributed by atoms with Gasteiger partial charge in [-0.15, -0.1) is 0 Å². The Morgan fingerprint density at radius 2 is 0.982 bits per heavy atom. The van der Waals surface area contributed by atoms with Crippen molar-refractivity contribution in [2.45, 2.75) is 6.92 Å². The minimum absolute atomic E-state index is 0.552. The van der Waals surface area contributed by atoms with Crippen molar-refractivity contribution < 1.29 is 0 Å². The van der Waals surface area contributed by atoms with Gasteiger partial charge in [0.15, 0.2) is 11.6 Å². The first-order valence-corrected chi connectivity index (χ1v) is 19.2. The molecule has 57 heavy (non-hydrogen) atoms. The lowest BCUT2D eigenvalue weighted by Crippen LogP contribution is -2.07. The van der Waals surface area contributed by atoms with Crippen LogP contribution in [0.2, 0.25) is 0 Å². The molecule has 7 aromatic carbocycles. The smallest absolute Gasteiger partial charge is 0.238 e. The summed E-state index contributed by atoms with van der Waals surface area (Å²) in [4.78, 5) is 15.7. The van der Waals surface area contributed by atoms with Crippen molar-refractivity contribution in [2.75, 3.05) is 0 Å². The second-order valence-corrected chi connectivity index (χ2v) is 14.1. The van der Waals surface area contributed by atoms with Crippen LogP contribution in [0.25, 0.3) is 95.5 Å². The molecule has 0 radical (unpaired) electrons. The van der Waals surface area contributed by atoms with E-state index in [2.05, 4.69) is 180 Å². The van der Waals surface area contributed by atoms with Crippen LogP contribution < -0.4 is 0 Å². The maximum Gasteiger partial charge on any atom is 0.238 e. The van der Waals surface area contributed by atoms with Gasteiger partial charge in [-0.2, -0.15) is 9.97 Å². The van der Waals surface area contributed by atoms with Crippen molar-refractivity contribution in [3.63, 3.8) is 0 Å². The van der Waals surface area contributed by atoms with E-state index in [1.807, 2.05) is 36.4 Å². The van der Waals surface area contributed by atoms with Gasteiger partial charge in [-0.1, -0.05) is 183 Å². The quantitative estimate of drug-likeness (QED) is 0.146. The number of rotatable bonds is 8. The topological polar surface area (TPSA) is 48.5 Å². The molecular weight excluding hydrogens is 695 g/mol. The first kappa shape index (κ1) is 33.9. The van der Waals surface area contributed by atoms with Gasteiger partial charge in [-0.25, -0.2) is 4.98 Å². The third kappa shape index (κ3) is 5.94. The highest BCUT2D eigenvalue weighted by atomic mass is 15.2. The Morgan fingerprint density at radius 1 is 0.456 bits per heavy atom. The van der Waals surface area contributed by atoms with E-state index >= 15 is 0 Å². The number of hydrogen-bond donors (Lipinski definition) is 0. The third-order valence-electron chi connectivity index (χ3n) is 10.8. The van der Waals surface area contributed by atoms with E-state index in [1.165, 1.54) is 5.56 Å². The van der Waals surface area contributed by atoms with Gasteiger partial charge in [0.1, 0.15) is 0 Å². The SMILES string of the molecule is C=C/C=C\c1c(C)n(-c2cccc(-c3ccccc3)c2)c2c1ccc1c3ccccc3n(-c3nc(-c4ccccc4)nc(-c4ccc(-c5ccccc5)cc4)n3)c12. The van der Waals surface area contributed by atoms with E-state index in [0.717, 1.165) is 77.5 Å². The Hall–Kier alpha value is -7.63. The molecule has 10 rings (SSSR count). The van der Waals surface area contributed by atoms with E-state index < -0.39 is 0 Å². The molecule has 0 aliphatic rings. The molecule has 0 aliphatic carbocycles. The van der Waals surface area contributed by atoms with E-state index in [9.17, 15) is 0 Å². The molecule has 5 heteroatoms. The zero-order chi connectivity index (χ0) is 38.3. The van der Waals surface area contributed by atoms with E-state index in [1.54, 1.807) is 0 Å². The minimum Gasteiger partial charge on any atom is -0.311 e. The van der Waals surface area contributed by atoms with Crippen LogP contribution in [0.3, 0.4) is 0 Å². The molecule has 3 heterocycles. The van der Waals surface area contributed by atoms with Crippen LogP contribution in [0.5, 0.6) is 0 Å². The van der Waals surface area contributed by atoms with Crippen molar-refractivity contribution in [1.29, 1.82) is 0 Å². The number of benzene rings is 7. The summed E-state index contributed by atoms with van der Waals surface area (Å²) in [5.41, 5.74) is 12.9. The lowest BCUT2D eigenvalue weighted by Gasteiger charge is -2.14. The second kappa shape index (κ2) is 14.2. The molecule has 0 saturated carbocycles. The van der Waals surface area contributed by atoms with Crippen molar-refractivity contribution in [1.82, 2.24) is 24.1 Å². The fourth-order valence-electron chi connectivity index (χ4n) is 8.08. The summed E-state index contributed by atoms with van der Waals surface area (Å²) in [5, 5.41) is 3.36. The lowest BCUT2D eigenvalue weighted by atomic mass is 10.0. The van der Waals surface area contributed by atoms with Crippen LogP contribution in [0.15, 0.2) is 195 Å². The number of aromatic nitrogens is 5. The van der Waals surface area contributed by atoms with Gasteiger partial charge in [-0.3, -0.25) is 4.57 Å². The molecule has 0 saturated heterocycles. The summed E-state index contributed by atoms with van der Waals surface area (Å²) in [6.07, 6.45) is 6.01. The fourth-order valence-corrected chi connectivity index (χ4v) is 8.08. The summed E-state index contributed by atoms with van der Waals surface area (Å²) >= 11 is 0. The zero-order valence-electron chi connectivity index (χ0n) is 31.4. The third-order valence-corrected chi connectivity index (χ3v) is 10.8. The largest absolute Gasteiger partial charge is 0.311 e. The van der Waals surface area contributed by atoms with Crippen molar-refractivity contribution in [3.05, 3.63) is 206 Å². The normalized spacial score (nSPS) is 11.6. The number of allylic oxidation sites excluding steroid dienone is 2. The zero-order valence-corrected chi connectivity index (χ0v) is 31.4. The van der Waals surface area contributed by atoms with Gasteiger partial charge in [0, 0.05) is 44.2 Å². The van der Waals surface area contributed by atoms with Crippen LogP contribution in [-0.4, -0.2) is 24.1 Å². The van der Waals surface area contributed by atoms with Crippen molar-refractivity contribution >= 4 is 38.8 Å². The first-order valence-electron chi connectivity index (χ1n) is 19.2. The highest BCUT2D eigenvalue weighted by Gasteiger charge is 2.24. The number of para-hydroxylation sites is 1. The molecule has 10 aromatic rings. The summed E-state index contributed by atoms with van der Waals surface area (Å²) in [7, 11) is 0. The summed E-state index contributed by atoms with van der Waals surface area (Å²) in [6, 6.07) is 61.4. The molecule has 0 amide bonds. The van der Waals surface area contributed by atoms with Gasteiger partial charge >= 0.3 is 0 Å². The Kier molecular flexibility index (Phi) is 8.46. The lowest BCUT2D eigenvalue weighted by molar-refractivity contribution is 0.951. The van der Waals surface area contributed by atoms with E-state index in [4.69, 9.17) is 15.0 Å². The fraction of sp³-hybridized carbons (Fsp3) is 0.0192. The Balaban J connectivity index is 1.28. The monoisotopic (exact) mass is 731 g/mol. The Labute approximate surface area is 331 Å². The predicted molar refractivity (Wildman–Crippen MR) is 237 cm³/mol. The molecule has 5 nitrogen and oxygen atoms in total. The maximum atomic E-state index is 5.32. The minimum atomic E-state index is 0.552. The van der Waals surface area contributed by atoms with Gasteiger partial charge in [0.05, 0.1) is 16.6 Å². The number of hydrogen-bond acceptors (Lipinski definition) is 3. The van der Waals surface area contributed by atoms with E-state index in [0.29, 0.717) is 17.6 Å². The second-order valence-electron chi connectivity index (χ2n) is 14.1. The standard InChI is InChI=1S/C52H37N5/c1-3-4-25-43-35(2)56(42-24-16-23-41(34-42)37-19-10-6-11-20-37)48-45(43)32-33-46-44-26-14-15-27-47(44)57(49(46)48)52-54-50(39-21-12-7-13-22-39)53-51(55-52)40-30-28-38(29-31-40)36-17-8-5-9-18-36/h3-34H,1H2,2H3/b25-4-. The van der Waals surface area contributed by atoms with Gasteiger partial charge in [-0.05, 0) is 47.4 Å². The van der Waals surface area contributed by atoms with E-state index in [-0.39, 0.29) is 0 Å². The molecule has 0 N–H and O–H groups in total. The van der Waals surface area contributed by atoms with Gasteiger partial charge in [0.2, 0.25) is 5.95 Å². The number of nitrogens with zero attached hydrogens (tertiary/aromatic N) is 5. The highest BCUT2D eigenvalue weighted by molar-refractivity contribution is 6.19. The molecule has 3 aromatic heterocycles. The average Bonchev–Trinajstić information content (AvgIpc) is 3.77. The van der Waals surface area contributed by atoms with Gasteiger partial charge < -0.3 is 4.57 Å². The highest BCUT2D eigenvalue weighted by Crippen LogP contribution is 2.41. The van der Waals surface area contributed by atoms with Crippen LogP contribution in [0, 0.1) is 6.92 Å².